The highest BCUT2D eigenvalue weighted by Crippen LogP contribution is 2.16. The monoisotopic (exact) mass is 210 g/mol. The number of aromatic hydroxyl groups is 1. The summed E-state index contributed by atoms with van der Waals surface area (Å²) in [6, 6.07) is 6.36. The molecule has 5 nitrogen and oxygen atoms in total. The molecular weight excluding hydrogens is 200 g/mol. The second-order valence-electron chi connectivity index (χ2n) is 2.86. The Morgan fingerprint density at radius 2 is 1.93 bits per heavy atom. The number of benzene rings is 1. The van der Waals surface area contributed by atoms with Gasteiger partial charge in [-0.05, 0) is 6.07 Å². The van der Waals surface area contributed by atoms with Crippen LogP contribution in [0.2, 0.25) is 0 Å². The second kappa shape index (κ2) is 4.99. The fraction of sp³-hybridized carbons (Fsp3) is 0.200. The summed E-state index contributed by atoms with van der Waals surface area (Å²) in [5.74, 6) is -2.05. The zero-order valence-corrected chi connectivity index (χ0v) is 7.84. The van der Waals surface area contributed by atoms with Crippen molar-refractivity contribution in [1.82, 2.24) is 0 Å². The van der Waals surface area contributed by atoms with Crippen molar-refractivity contribution in [1.29, 1.82) is 0 Å². The lowest BCUT2D eigenvalue weighted by molar-refractivity contribution is -0.152. The molecule has 0 saturated heterocycles. The molecule has 1 rings (SSSR count). The van der Waals surface area contributed by atoms with E-state index in [4.69, 9.17) is 5.11 Å². The zero-order valence-electron chi connectivity index (χ0n) is 7.84. The minimum absolute atomic E-state index is 0.0145. The maximum absolute atomic E-state index is 10.9. The summed E-state index contributed by atoms with van der Waals surface area (Å²) in [7, 11) is 0. The Bertz CT molecular complexity index is 372. The van der Waals surface area contributed by atoms with Gasteiger partial charge in [0.15, 0.2) is 0 Å². The van der Waals surface area contributed by atoms with Gasteiger partial charge in [0.2, 0.25) is 0 Å². The molecule has 0 fully saturated rings. The number of carbonyl (C=O) groups excluding carboxylic acids is 1. The predicted octanol–water partition coefficient (Wildman–Crippen LogP) is 0.910. The highest BCUT2D eigenvalue weighted by Gasteiger charge is 2.09. The average Bonchev–Trinajstić information content (AvgIpc) is 2.15. The van der Waals surface area contributed by atoms with E-state index < -0.39 is 18.4 Å². The third-order valence-electron chi connectivity index (χ3n) is 1.68. The fourth-order valence-electron chi connectivity index (χ4n) is 0.966. The molecule has 0 amide bonds. The van der Waals surface area contributed by atoms with Crippen LogP contribution in [0, 0.1) is 0 Å². The average molecular weight is 210 g/mol. The molecule has 0 heterocycles. The van der Waals surface area contributed by atoms with Crippen LogP contribution in [0.15, 0.2) is 24.3 Å². The quantitative estimate of drug-likeness (QED) is 0.570. The number of carboxylic acid groups (broad SMARTS) is 1. The van der Waals surface area contributed by atoms with Gasteiger partial charge in [-0.1, -0.05) is 18.2 Å². The molecule has 15 heavy (non-hydrogen) atoms. The van der Waals surface area contributed by atoms with E-state index in [9.17, 15) is 14.7 Å². The van der Waals surface area contributed by atoms with Crippen molar-refractivity contribution < 1.29 is 24.5 Å². The number of aliphatic carboxylic acids is 1. The number of carboxylic acids is 1. The minimum atomic E-state index is -1.24. The summed E-state index contributed by atoms with van der Waals surface area (Å²) in [6.45, 7) is -0.126. The predicted molar refractivity (Wildman–Crippen MR) is 50.2 cm³/mol. The molecule has 0 atom stereocenters. The summed E-state index contributed by atoms with van der Waals surface area (Å²) in [4.78, 5) is 21.0. The van der Waals surface area contributed by atoms with Crippen LogP contribution >= 0.6 is 0 Å². The number of carbonyl (C=O) groups is 2. The van der Waals surface area contributed by atoms with E-state index in [0.717, 1.165) is 0 Å². The first-order valence-electron chi connectivity index (χ1n) is 4.24. The van der Waals surface area contributed by atoms with E-state index in [1.54, 1.807) is 18.2 Å². The molecule has 5 heteroatoms. The Kier molecular flexibility index (Phi) is 3.68. The van der Waals surface area contributed by atoms with E-state index in [2.05, 4.69) is 4.74 Å². The number of para-hydroxylation sites is 1. The third-order valence-corrected chi connectivity index (χ3v) is 1.68. The Morgan fingerprint density at radius 3 is 2.53 bits per heavy atom. The zero-order chi connectivity index (χ0) is 11.3. The molecule has 0 aliphatic carbocycles. The molecule has 0 unspecified atom stereocenters. The molecular formula is C10H10O5. The van der Waals surface area contributed by atoms with Gasteiger partial charge in [0, 0.05) is 5.56 Å². The molecule has 0 aliphatic rings. The Morgan fingerprint density at radius 1 is 1.27 bits per heavy atom. The highest BCUT2D eigenvalue weighted by molar-refractivity contribution is 5.90. The highest BCUT2D eigenvalue weighted by atomic mass is 16.5. The SMILES string of the molecule is O=C(O)CC(=O)OCc1ccccc1O. The summed E-state index contributed by atoms with van der Waals surface area (Å²) < 4.78 is 4.64. The van der Waals surface area contributed by atoms with Crippen molar-refractivity contribution >= 4 is 11.9 Å². The molecule has 1 aromatic rings. The standard InChI is InChI=1S/C10H10O5/c11-8-4-2-1-3-7(8)6-15-10(14)5-9(12)13/h1-4,11H,5-6H2,(H,12,13). The van der Waals surface area contributed by atoms with Gasteiger partial charge >= 0.3 is 11.9 Å². The summed E-state index contributed by atoms with van der Waals surface area (Å²) in [5.41, 5.74) is 0.441. The van der Waals surface area contributed by atoms with E-state index in [0.29, 0.717) is 5.56 Å². The molecule has 0 radical (unpaired) electrons. The first-order chi connectivity index (χ1) is 7.09. The van der Waals surface area contributed by atoms with Crippen LogP contribution in [0.4, 0.5) is 0 Å². The number of ether oxygens (including phenoxy) is 1. The molecule has 0 bridgehead atoms. The van der Waals surface area contributed by atoms with Gasteiger partial charge in [-0.3, -0.25) is 9.59 Å². The summed E-state index contributed by atoms with van der Waals surface area (Å²) in [6.07, 6.45) is -0.673. The first-order valence-corrected chi connectivity index (χ1v) is 4.24. The minimum Gasteiger partial charge on any atom is -0.508 e. The van der Waals surface area contributed by atoms with Gasteiger partial charge in [0.25, 0.3) is 0 Å². The van der Waals surface area contributed by atoms with Crippen LogP contribution in [-0.2, 0) is 20.9 Å². The molecule has 1 aromatic carbocycles. The van der Waals surface area contributed by atoms with Crippen LogP contribution in [0.1, 0.15) is 12.0 Å². The van der Waals surface area contributed by atoms with Crippen molar-refractivity contribution in [3.63, 3.8) is 0 Å². The van der Waals surface area contributed by atoms with Crippen LogP contribution in [0.3, 0.4) is 0 Å². The summed E-state index contributed by atoms with van der Waals surface area (Å²) >= 11 is 0. The number of phenols is 1. The molecule has 0 aromatic heterocycles. The van der Waals surface area contributed by atoms with Crippen molar-refractivity contribution in [3.05, 3.63) is 29.8 Å². The van der Waals surface area contributed by atoms with Crippen LogP contribution in [0.5, 0.6) is 5.75 Å². The maximum Gasteiger partial charge on any atom is 0.317 e. The van der Waals surface area contributed by atoms with Gasteiger partial charge in [0.05, 0.1) is 0 Å². The van der Waals surface area contributed by atoms with Gasteiger partial charge in [-0.25, -0.2) is 0 Å². The Hall–Kier alpha value is -2.04. The smallest absolute Gasteiger partial charge is 0.317 e. The summed E-state index contributed by atoms with van der Waals surface area (Å²) in [5, 5.41) is 17.6. The first kappa shape index (κ1) is 11.0. The van der Waals surface area contributed by atoms with Crippen molar-refractivity contribution in [2.45, 2.75) is 13.0 Å². The number of esters is 1. The maximum atomic E-state index is 10.9. The molecule has 0 spiro atoms. The van der Waals surface area contributed by atoms with Crippen molar-refractivity contribution in [3.8, 4) is 5.75 Å². The topological polar surface area (TPSA) is 83.8 Å². The Balaban J connectivity index is 2.47. The van der Waals surface area contributed by atoms with Gasteiger partial charge in [-0.2, -0.15) is 0 Å². The van der Waals surface area contributed by atoms with Gasteiger partial charge < -0.3 is 14.9 Å². The van der Waals surface area contributed by atoms with Crippen LogP contribution < -0.4 is 0 Å². The van der Waals surface area contributed by atoms with E-state index in [1.165, 1.54) is 6.07 Å². The lowest BCUT2D eigenvalue weighted by Gasteiger charge is -2.04. The second-order valence-corrected chi connectivity index (χ2v) is 2.86. The molecule has 80 valence electrons. The van der Waals surface area contributed by atoms with E-state index >= 15 is 0 Å². The normalized spacial score (nSPS) is 9.60. The van der Waals surface area contributed by atoms with Crippen molar-refractivity contribution in [2.75, 3.05) is 0 Å². The number of hydrogen-bond donors (Lipinski definition) is 2. The number of phenolic OH excluding ortho intramolecular Hbond substituents is 1. The molecule has 0 aliphatic heterocycles. The Labute approximate surface area is 85.9 Å². The van der Waals surface area contributed by atoms with E-state index in [-0.39, 0.29) is 12.4 Å². The van der Waals surface area contributed by atoms with Crippen LogP contribution in [0.25, 0.3) is 0 Å². The van der Waals surface area contributed by atoms with Crippen LogP contribution in [-0.4, -0.2) is 22.2 Å². The largest absolute Gasteiger partial charge is 0.508 e. The third kappa shape index (κ3) is 3.68. The molecule has 2 N–H and O–H groups in total. The van der Waals surface area contributed by atoms with Gasteiger partial charge in [-0.15, -0.1) is 0 Å². The van der Waals surface area contributed by atoms with Gasteiger partial charge in [0.1, 0.15) is 18.8 Å². The van der Waals surface area contributed by atoms with Crippen molar-refractivity contribution in [2.24, 2.45) is 0 Å². The number of rotatable bonds is 4. The molecule has 0 saturated carbocycles. The lowest BCUT2D eigenvalue weighted by atomic mass is 10.2. The lowest BCUT2D eigenvalue weighted by Crippen LogP contribution is -2.10. The van der Waals surface area contributed by atoms with E-state index in [1.807, 2.05) is 0 Å². The fourth-order valence-corrected chi connectivity index (χ4v) is 0.966. The number of hydrogen-bond acceptors (Lipinski definition) is 4.